The zero-order valence-corrected chi connectivity index (χ0v) is 18.0. The molecule has 1 amide bonds. The Labute approximate surface area is 182 Å². The second-order valence-corrected chi connectivity index (χ2v) is 8.25. The van der Waals surface area contributed by atoms with Crippen molar-refractivity contribution < 1.29 is 23.4 Å². The van der Waals surface area contributed by atoms with Gasteiger partial charge in [0.15, 0.2) is 0 Å². The first kappa shape index (κ1) is 23.3. The van der Waals surface area contributed by atoms with E-state index in [0.29, 0.717) is 32.7 Å². The summed E-state index contributed by atoms with van der Waals surface area (Å²) in [4.78, 5) is 16.1. The van der Waals surface area contributed by atoms with Gasteiger partial charge in [-0.05, 0) is 35.4 Å². The van der Waals surface area contributed by atoms with Gasteiger partial charge in [0.1, 0.15) is 17.7 Å². The summed E-state index contributed by atoms with van der Waals surface area (Å²) in [6, 6.07) is 11.9. The molecule has 0 radical (unpaired) electrons. The second-order valence-electron chi connectivity index (χ2n) is 8.25. The fourth-order valence-corrected chi connectivity index (χ4v) is 3.73. The first-order chi connectivity index (χ1) is 14.8. The zero-order chi connectivity index (χ0) is 22.4. The molecule has 1 aliphatic heterocycles. The lowest BCUT2D eigenvalue weighted by Crippen LogP contribution is -2.51. The largest absolute Gasteiger partial charge is 0.389 e. The van der Waals surface area contributed by atoms with Crippen LogP contribution in [0.5, 0.6) is 0 Å². The van der Waals surface area contributed by atoms with Crippen molar-refractivity contribution >= 4 is 5.91 Å². The molecule has 31 heavy (non-hydrogen) atoms. The second kappa shape index (κ2) is 10.8. The monoisotopic (exact) mass is 432 g/mol. The van der Waals surface area contributed by atoms with E-state index >= 15 is 0 Å². The summed E-state index contributed by atoms with van der Waals surface area (Å²) >= 11 is 0. The van der Waals surface area contributed by atoms with E-state index in [0.717, 1.165) is 11.1 Å². The first-order valence-corrected chi connectivity index (χ1v) is 10.6. The standard InChI is InChI=1S/C24H30F2N2O3/c1-17(2)24(30)28-13-11-27(12-14-28)15-22(29)16-31-23(18-3-7-20(25)8-4-18)19-5-9-21(26)10-6-19/h3-10,17,22-23,29H,11-16H2,1-2H3/t22-/m0/s1. The van der Waals surface area contributed by atoms with Gasteiger partial charge in [-0.15, -0.1) is 0 Å². The molecule has 1 aliphatic rings. The van der Waals surface area contributed by atoms with Crippen LogP contribution in [-0.2, 0) is 9.53 Å². The molecule has 0 aliphatic carbocycles. The highest BCUT2D eigenvalue weighted by molar-refractivity contribution is 5.78. The van der Waals surface area contributed by atoms with E-state index in [4.69, 9.17) is 4.74 Å². The van der Waals surface area contributed by atoms with Crippen LogP contribution in [0.4, 0.5) is 8.78 Å². The Balaban J connectivity index is 1.57. The molecule has 0 saturated carbocycles. The molecule has 1 N–H and O–H groups in total. The van der Waals surface area contributed by atoms with Gasteiger partial charge in [0, 0.05) is 38.6 Å². The minimum atomic E-state index is -0.726. The van der Waals surface area contributed by atoms with Gasteiger partial charge in [0.05, 0.1) is 12.7 Å². The predicted molar refractivity (Wildman–Crippen MR) is 114 cm³/mol. The average molecular weight is 433 g/mol. The highest BCUT2D eigenvalue weighted by Crippen LogP contribution is 2.27. The van der Waals surface area contributed by atoms with Crippen LogP contribution in [0.2, 0.25) is 0 Å². The molecule has 7 heteroatoms. The van der Waals surface area contributed by atoms with E-state index in [9.17, 15) is 18.7 Å². The van der Waals surface area contributed by atoms with Crippen molar-refractivity contribution in [3.8, 4) is 0 Å². The number of hydrogen-bond donors (Lipinski definition) is 1. The van der Waals surface area contributed by atoms with Gasteiger partial charge >= 0.3 is 0 Å². The molecule has 2 aromatic carbocycles. The molecule has 0 unspecified atom stereocenters. The molecule has 168 valence electrons. The number of benzene rings is 2. The number of nitrogens with zero attached hydrogens (tertiary/aromatic N) is 2. The number of hydrogen-bond acceptors (Lipinski definition) is 4. The highest BCUT2D eigenvalue weighted by Gasteiger charge is 2.24. The van der Waals surface area contributed by atoms with Crippen molar-refractivity contribution in [1.82, 2.24) is 9.80 Å². The van der Waals surface area contributed by atoms with Gasteiger partial charge in [0.25, 0.3) is 0 Å². The maximum Gasteiger partial charge on any atom is 0.225 e. The van der Waals surface area contributed by atoms with E-state index in [-0.39, 0.29) is 30.1 Å². The number of halogens is 2. The van der Waals surface area contributed by atoms with Gasteiger partial charge in [-0.1, -0.05) is 38.1 Å². The van der Waals surface area contributed by atoms with Crippen molar-refractivity contribution in [3.05, 3.63) is 71.3 Å². The maximum absolute atomic E-state index is 13.3. The van der Waals surface area contributed by atoms with Gasteiger partial charge in [-0.25, -0.2) is 8.78 Å². The summed E-state index contributed by atoms with van der Waals surface area (Å²) in [5.41, 5.74) is 1.45. The molecule has 0 spiro atoms. The normalized spacial score (nSPS) is 16.2. The Bertz CT molecular complexity index is 789. The van der Waals surface area contributed by atoms with Gasteiger partial charge < -0.3 is 14.7 Å². The van der Waals surface area contributed by atoms with Crippen LogP contribution in [0.15, 0.2) is 48.5 Å². The average Bonchev–Trinajstić information content (AvgIpc) is 2.76. The van der Waals surface area contributed by atoms with E-state index in [1.807, 2.05) is 18.7 Å². The quantitative estimate of drug-likeness (QED) is 0.696. The lowest BCUT2D eigenvalue weighted by atomic mass is 10.0. The summed E-state index contributed by atoms with van der Waals surface area (Å²) in [5.74, 6) is -0.557. The van der Waals surface area contributed by atoms with Crippen LogP contribution in [0, 0.1) is 17.6 Å². The topological polar surface area (TPSA) is 53.0 Å². The number of aliphatic hydroxyl groups excluding tert-OH is 1. The SMILES string of the molecule is CC(C)C(=O)N1CCN(C[C@H](O)COC(c2ccc(F)cc2)c2ccc(F)cc2)CC1. The molecule has 3 rings (SSSR count). The number of aliphatic hydroxyl groups is 1. The number of piperazine rings is 1. The molecule has 1 heterocycles. The zero-order valence-electron chi connectivity index (χ0n) is 18.0. The molecule has 1 atom stereocenters. The van der Waals surface area contributed by atoms with Crippen LogP contribution in [0.3, 0.4) is 0 Å². The molecule has 1 saturated heterocycles. The first-order valence-electron chi connectivity index (χ1n) is 10.6. The molecular weight excluding hydrogens is 402 g/mol. The number of β-amino-alcohol motifs (C(OH)–C–C–N with tert-alkyl or cyclic N) is 1. The van der Waals surface area contributed by atoms with Gasteiger partial charge in [-0.2, -0.15) is 0 Å². The third kappa shape index (κ3) is 6.56. The number of carbonyl (C=O) groups is 1. The molecule has 5 nitrogen and oxygen atoms in total. The van der Waals surface area contributed by atoms with E-state index < -0.39 is 12.2 Å². The molecule has 1 fully saturated rings. The number of ether oxygens (including phenoxy) is 1. The fraction of sp³-hybridized carbons (Fsp3) is 0.458. The summed E-state index contributed by atoms with van der Waals surface area (Å²) < 4.78 is 32.7. The van der Waals surface area contributed by atoms with Crippen molar-refractivity contribution in [1.29, 1.82) is 0 Å². The minimum absolute atomic E-state index is 0.0135. The van der Waals surface area contributed by atoms with Gasteiger partial charge in [0.2, 0.25) is 5.91 Å². The Morgan fingerprint density at radius 3 is 1.87 bits per heavy atom. The van der Waals surface area contributed by atoms with Crippen LogP contribution < -0.4 is 0 Å². The summed E-state index contributed by atoms with van der Waals surface area (Å²) in [6.07, 6.45) is -1.27. The summed E-state index contributed by atoms with van der Waals surface area (Å²) in [6.45, 7) is 7.01. The maximum atomic E-state index is 13.3. The number of carbonyl (C=O) groups excluding carboxylic acids is 1. The molecule has 0 aromatic heterocycles. The lowest BCUT2D eigenvalue weighted by Gasteiger charge is -2.36. The Morgan fingerprint density at radius 2 is 1.42 bits per heavy atom. The van der Waals surface area contributed by atoms with E-state index in [1.165, 1.54) is 24.3 Å². The van der Waals surface area contributed by atoms with Crippen molar-refractivity contribution in [3.63, 3.8) is 0 Å². The lowest BCUT2D eigenvalue weighted by molar-refractivity contribution is -0.136. The molecule has 2 aromatic rings. The smallest absolute Gasteiger partial charge is 0.225 e. The fourth-order valence-electron chi connectivity index (χ4n) is 3.73. The minimum Gasteiger partial charge on any atom is -0.389 e. The third-order valence-electron chi connectivity index (χ3n) is 5.45. The van der Waals surface area contributed by atoms with E-state index in [2.05, 4.69) is 4.90 Å². The molecular formula is C24H30F2N2O3. The number of amides is 1. The van der Waals surface area contributed by atoms with Gasteiger partial charge in [-0.3, -0.25) is 9.69 Å². The Kier molecular flexibility index (Phi) is 8.12. The highest BCUT2D eigenvalue weighted by atomic mass is 19.1. The van der Waals surface area contributed by atoms with E-state index in [1.54, 1.807) is 24.3 Å². The summed E-state index contributed by atoms with van der Waals surface area (Å²) in [7, 11) is 0. The van der Waals surface area contributed by atoms with Crippen LogP contribution in [0.1, 0.15) is 31.1 Å². The number of rotatable bonds is 8. The van der Waals surface area contributed by atoms with Crippen LogP contribution >= 0.6 is 0 Å². The van der Waals surface area contributed by atoms with Crippen LogP contribution in [0.25, 0.3) is 0 Å². The Morgan fingerprint density at radius 1 is 0.935 bits per heavy atom. The Hall–Kier alpha value is -2.35. The summed E-state index contributed by atoms with van der Waals surface area (Å²) in [5, 5.41) is 10.5. The van der Waals surface area contributed by atoms with Crippen LogP contribution in [-0.4, -0.2) is 66.2 Å². The molecule has 0 bridgehead atoms. The third-order valence-corrected chi connectivity index (χ3v) is 5.45. The van der Waals surface area contributed by atoms with Crippen molar-refractivity contribution in [2.45, 2.75) is 26.1 Å². The van der Waals surface area contributed by atoms with Crippen molar-refractivity contribution in [2.75, 3.05) is 39.3 Å². The predicted octanol–water partition coefficient (Wildman–Crippen LogP) is 3.23. The van der Waals surface area contributed by atoms with Crippen molar-refractivity contribution in [2.24, 2.45) is 5.92 Å².